The lowest BCUT2D eigenvalue weighted by molar-refractivity contribution is -0.139. The van der Waals surface area contributed by atoms with Gasteiger partial charge in [0.05, 0.1) is 12.1 Å². The highest BCUT2D eigenvalue weighted by atomic mass is 32.1. The average Bonchev–Trinajstić information content (AvgIpc) is 3.10. The molecule has 0 fully saturated rings. The summed E-state index contributed by atoms with van der Waals surface area (Å²) in [6.07, 6.45) is -0.255. The maximum Gasteiger partial charge on any atom is 0.309 e. The van der Waals surface area contributed by atoms with Gasteiger partial charge < -0.3 is 15.7 Å². The SMILES string of the molecule is C[C@H](NC(=O)C(=O)NCC[C@@H](O)c1cccs1)c1ccccc1. The van der Waals surface area contributed by atoms with Gasteiger partial charge in [-0.3, -0.25) is 9.59 Å². The molecular formula is C17H20N2O3S. The zero-order valence-corrected chi connectivity index (χ0v) is 13.7. The number of carbonyl (C=O) groups is 2. The van der Waals surface area contributed by atoms with Crippen LogP contribution in [0.3, 0.4) is 0 Å². The lowest BCUT2D eigenvalue weighted by Gasteiger charge is -2.14. The van der Waals surface area contributed by atoms with Gasteiger partial charge in [0.1, 0.15) is 0 Å². The Morgan fingerprint density at radius 2 is 1.87 bits per heavy atom. The van der Waals surface area contributed by atoms with E-state index in [9.17, 15) is 14.7 Å². The lowest BCUT2D eigenvalue weighted by Crippen LogP contribution is -2.41. The van der Waals surface area contributed by atoms with E-state index < -0.39 is 17.9 Å². The van der Waals surface area contributed by atoms with E-state index in [4.69, 9.17) is 0 Å². The summed E-state index contributed by atoms with van der Waals surface area (Å²) in [6.45, 7) is 2.06. The third kappa shape index (κ3) is 5.19. The molecule has 0 aliphatic carbocycles. The van der Waals surface area contributed by atoms with Crippen LogP contribution in [0.2, 0.25) is 0 Å². The summed E-state index contributed by atoms with van der Waals surface area (Å²) in [7, 11) is 0. The first-order valence-electron chi connectivity index (χ1n) is 7.43. The first-order valence-corrected chi connectivity index (χ1v) is 8.31. The Balaban J connectivity index is 1.74. The number of hydrogen-bond acceptors (Lipinski definition) is 4. The van der Waals surface area contributed by atoms with Crippen LogP contribution in [0, 0.1) is 0 Å². The highest BCUT2D eigenvalue weighted by Crippen LogP contribution is 2.20. The number of hydrogen-bond donors (Lipinski definition) is 3. The molecule has 5 nitrogen and oxygen atoms in total. The molecule has 0 spiro atoms. The van der Waals surface area contributed by atoms with Crippen LogP contribution in [0.5, 0.6) is 0 Å². The first kappa shape index (κ1) is 17.2. The van der Waals surface area contributed by atoms with Crippen molar-refractivity contribution in [2.75, 3.05) is 6.54 Å². The number of aliphatic hydroxyl groups excluding tert-OH is 1. The summed E-state index contributed by atoms with van der Waals surface area (Å²) in [6, 6.07) is 12.9. The highest BCUT2D eigenvalue weighted by Gasteiger charge is 2.17. The fourth-order valence-corrected chi connectivity index (χ4v) is 2.86. The Morgan fingerprint density at radius 3 is 2.52 bits per heavy atom. The summed E-state index contributed by atoms with van der Waals surface area (Å²) in [5.41, 5.74) is 0.932. The van der Waals surface area contributed by atoms with Crippen LogP contribution in [0.25, 0.3) is 0 Å². The Hall–Kier alpha value is -2.18. The minimum Gasteiger partial charge on any atom is -0.388 e. The van der Waals surface area contributed by atoms with Gasteiger partial charge >= 0.3 is 11.8 Å². The molecule has 0 radical (unpaired) electrons. The van der Waals surface area contributed by atoms with Gasteiger partial charge in [-0.05, 0) is 30.4 Å². The van der Waals surface area contributed by atoms with E-state index in [1.165, 1.54) is 11.3 Å². The van der Waals surface area contributed by atoms with Crippen LogP contribution in [-0.2, 0) is 9.59 Å². The second kappa shape index (κ2) is 8.45. The normalized spacial score (nSPS) is 13.1. The van der Waals surface area contributed by atoms with Crippen LogP contribution in [0.4, 0.5) is 0 Å². The molecule has 1 aromatic heterocycles. The Bertz CT molecular complexity index is 629. The molecular weight excluding hydrogens is 312 g/mol. The Labute approximate surface area is 139 Å². The molecule has 1 heterocycles. The zero-order chi connectivity index (χ0) is 16.7. The molecule has 0 aliphatic heterocycles. The third-order valence-corrected chi connectivity index (χ3v) is 4.40. The number of rotatable bonds is 6. The molecule has 2 aromatic rings. The summed E-state index contributed by atoms with van der Waals surface area (Å²) >= 11 is 1.46. The van der Waals surface area contributed by atoms with Gasteiger partial charge in [-0.25, -0.2) is 0 Å². The predicted octanol–water partition coefficient (Wildman–Crippen LogP) is 2.17. The smallest absolute Gasteiger partial charge is 0.309 e. The van der Waals surface area contributed by atoms with Gasteiger partial charge in [0, 0.05) is 11.4 Å². The maximum atomic E-state index is 11.8. The van der Waals surface area contributed by atoms with Crippen molar-refractivity contribution in [1.29, 1.82) is 0 Å². The number of carbonyl (C=O) groups excluding carboxylic acids is 2. The second-order valence-corrected chi connectivity index (χ2v) is 6.16. The van der Waals surface area contributed by atoms with Crippen LogP contribution in [-0.4, -0.2) is 23.5 Å². The molecule has 0 bridgehead atoms. The number of amides is 2. The van der Waals surface area contributed by atoms with Crippen molar-refractivity contribution in [3.05, 3.63) is 58.3 Å². The molecule has 3 N–H and O–H groups in total. The van der Waals surface area contributed by atoms with Gasteiger partial charge in [0.25, 0.3) is 0 Å². The van der Waals surface area contributed by atoms with Crippen molar-refractivity contribution >= 4 is 23.2 Å². The molecule has 6 heteroatoms. The van der Waals surface area contributed by atoms with Crippen molar-refractivity contribution in [3.63, 3.8) is 0 Å². The van der Waals surface area contributed by atoms with Crippen molar-refractivity contribution < 1.29 is 14.7 Å². The van der Waals surface area contributed by atoms with Crippen molar-refractivity contribution in [1.82, 2.24) is 10.6 Å². The maximum absolute atomic E-state index is 11.8. The van der Waals surface area contributed by atoms with Crippen LogP contribution in [0.1, 0.15) is 35.9 Å². The molecule has 0 aliphatic rings. The van der Waals surface area contributed by atoms with Crippen molar-refractivity contribution in [2.45, 2.75) is 25.5 Å². The Kier molecular flexibility index (Phi) is 6.31. The van der Waals surface area contributed by atoms with Crippen LogP contribution < -0.4 is 10.6 Å². The summed E-state index contributed by atoms with van der Waals surface area (Å²) in [5.74, 6) is -1.36. The van der Waals surface area contributed by atoms with E-state index in [-0.39, 0.29) is 12.6 Å². The molecule has 23 heavy (non-hydrogen) atoms. The minimum absolute atomic E-state index is 0.241. The number of benzene rings is 1. The van der Waals surface area contributed by atoms with Crippen molar-refractivity contribution in [3.8, 4) is 0 Å². The standard InChI is InChI=1S/C17H20N2O3S/c1-12(13-6-3-2-4-7-13)19-17(22)16(21)18-10-9-14(20)15-8-5-11-23-15/h2-8,11-12,14,20H,9-10H2,1H3,(H,18,21)(H,19,22)/t12-,14+/m0/s1. The minimum atomic E-state index is -0.689. The van der Waals surface area contributed by atoms with E-state index in [1.54, 1.807) is 0 Å². The largest absolute Gasteiger partial charge is 0.388 e. The molecule has 0 saturated heterocycles. The van der Waals surface area contributed by atoms with E-state index >= 15 is 0 Å². The number of nitrogens with one attached hydrogen (secondary N) is 2. The molecule has 2 rings (SSSR count). The molecule has 2 atom stereocenters. The lowest BCUT2D eigenvalue weighted by atomic mass is 10.1. The van der Waals surface area contributed by atoms with Gasteiger partial charge in [-0.2, -0.15) is 0 Å². The van der Waals surface area contributed by atoms with Crippen LogP contribution >= 0.6 is 11.3 Å². The average molecular weight is 332 g/mol. The predicted molar refractivity (Wildman–Crippen MR) is 89.9 cm³/mol. The summed E-state index contributed by atoms with van der Waals surface area (Å²) < 4.78 is 0. The molecule has 122 valence electrons. The summed E-state index contributed by atoms with van der Waals surface area (Å²) in [4.78, 5) is 24.5. The van der Waals surface area contributed by atoms with Gasteiger partial charge in [-0.1, -0.05) is 36.4 Å². The van der Waals surface area contributed by atoms with E-state index in [2.05, 4.69) is 10.6 Å². The topological polar surface area (TPSA) is 78.4 Å². The van der Waals surface area contributed by atoms with E-state index in [0.717, 1.165) is 10.4 Å². The summed E-state index contributed by atoms with van der Waals surface area (Å²) in [5, 5.41) is 17.0. The highest BCUT2D eigenvalue weighted by molar-refractivity contribution is 7.10. The molecule has 0 saturated carbocycles. The molecule has 2 amide bonds. The van der Waals surface area contributed by atoms with Gasteiger partial charge in [0.15, 0.2) is 0 Å². The van der Waals surface area contributed by atoms with Crippen LogP contribution in [0.15, 0.2) is 47.8 Å². The third-order valence-electron chi connectivity index (χ3n) is 3.43. The second-order valence-electron chi connectivity index (χ2n) is 5.18. The first-order chi connectivity index (χ1) is 11.1. The van der Waals surface area contributed by atoms with E-state index in [0.29, 0.717) is 6.42 Å². The number of aliphatic hydroxyl groups is 1. The molecule has 0 unspecified atom stereocenters. The fourth-order valence-electron chi connectivity index (χ4n) is 2.11. The quantitative estimate of drug-likeness (QED) is 0.709. The molecule has 1 aromatic carbocycles. The van der Waals surface area contributed by atoms with Crippen molar-refractivity contribution in [2.24, 2.45) is 0 Å². The Morgan fingerprint density at radius 1 is 1.13 bits per heavy atom. The van der Waals surface area contributed by atoms with Gasteiger partial charge in [0.2, 0.25) is 0 Å². The van der Waals surface area contributed by atoms with Gasteiger partial charge in [-0.15, -0.1) is 11.3 Å². The fraction of sp³-hybridized carbons (Fsp3) is 0.294. The zero-order valence-electron chi connectivity index (χ0n) is 12.9. The van der Waals surface area contributed by atoms with E-state index in [1.807, 2.05) is 54.8 Å². The monoisotopic (exact) mass is 332 g/mol. The number of thiophene rings is 1.